The lowest BCUT2D eigenvalue weighted by atomic mass is 10.1. The molecular formula is C24H22ClN3O4S. The number of ether oxygens (including phenoxy) is 1. The predicted octanol–water partition coefficient (Wildman–Crippen LogP) is 4.74. The number of nitrogens with zero attached hydrogens (tertiary/aromatic N) is 3. The van der Waals surface area contributed by atoms with Crippen LogP contribution < -0.4 is 9.80 Å². The maximum Gasteiger partial charge on any atom is 0.260 e. The van der Waals surface area contributed by atoms with Gasteiger partial charge in [-0.05, 0) is 61.7 Å². The van der Waals surface area contributed by atoms with Gasteiger partial charge in [0.25, 0.3) is 5.91 Å². The fraction of sp³-hybridized carbons (Fsp3) is 0.333. The van der Waals surface area contributed by atoms with E-state index < -0.39 is 0 Å². The lowest BCUT2D eigenvalue weighted by molar-refractivity contribution is -0.121. The average molecular weight is 484 g/mol. The number of imide groups is 1. The summed E-state index contributed by atoms with van der Waals surface area (Å²) in [6.07, 6.45) is 2.24. The van der Waals surface area contributed by atoms with Crippen LogP contribution in [-0.4, -0.2) is 42.0 Å². The van der Waals surface area contributed by atoms with Crippen LogP contribution in [0.4, 0.5) is 10.8 Å². The maximum atomic E-state index is 13.6. The van der Waals surface area contributed by atoms with Crippen LogP contribution in [-0.2, 0) is 14.3 Å². The van der Waals surface area contributed by atoms with Crippen LogP contribution in [0.15, 0.2) is 36.4 Å². The molecule has 3 amide bonds. The number of benzene rings is 2. The Morgan fingerprint density at radius 2 is 1.91 bits per heavy atom. The molecule has 0 saturated carbocycles. The number of aryl methyl sites for hydroxylation is 1. The number of anilines is 2. The molecule has 1 unspecified atom stereocenters. The van der Waals surface area contributed by atoms with Gasteiger partial charge in [-0.3, -0.25) is 24.2 Å². The van der Waals surface area contributed by atoms with Gasteiger partial charge in [0.2, 0.25) is 11.8 Å². The van der Waals surface area contributed by atoms with Crippen molar-refractivity contribution in [2.45, 2.75) is 38.7 Å². The van der Waals surface area contributed by atoms with Gasteiger partial charge in [-0.15, -0.1) is 0 Å². The van der Waals surface area contributed by atoms with E-state index in [0.717, 1.165) is 28.6 Å². The Bertz CT molecular complexity index is 1230. The molecule has 0 radical (unpaired) electrons. The van der Waals surface area contributed by atoms with Gasteiger partial charge in [-0.25, -0.2) is 4.98 Å². The molecule has 9 heteroatoms. The molecule has 3 aromatic rings. The van der Waals surface area contributed by atoms with Crippen LogP contribution in [0.5, 0.6) is 0 Å². The highest BCUT2D eigenvalue weighted by Gasteiger charge is 2.31. The van der Waals surface area contributed by atoms with Gasteiger partial charge in [0, 0.05) is 30.0 Å². The van der Waals surface area contributed by atoms with E-state index in [-0.39, 0.29) is 36.7 Å². The van der Waals surface area contributed by atoms with E-state index in [2.05, 4.69) is 0 Å². The number of aromatic nitrogens is 1. The van der Waals surface area contributed by atoms with Gasteiger partial charge >= 0.3 is 0 Å². The van der Waals surface area contributed by atoms with Crippen molar-refractivity contribution in [3.8, 4) is 0 Å². The molecule has 2 saturated heterocycles. The molecule has 1 atom stereocenters. The quantitative estimate of drug-likeness (QED) is 0.490. The zero-order chi connectivity index (χ0) is 23.1. The zero-order valence-corrected chi connectivity index (χ0v) is 19.6. The summed E-state index contributed by atoms with van der Waals surface area (Å²) >= 11 is 7.71. The Hall–Kier alpha value is -2.81. The molecule has 0 bridgehead atoms. The third kappa shape index (κ3) is 4.14. The molecule has 5 rings (SSSR count). The molecule has 2 fully saturated rings. The SMILES string of the molecule is Cc1c(Cl)ccc2sc(N(CC3CCCO3)C(=O)c3ccc(N4C(=O)CCC4=O)cc3)nc12. The molecule has 2 aromatic carbocycles. The summed E-state index contributed by atoms with van der Waals surface area (Å²) in [4.78, 5) is 45.2. The van der Waals surface area contributed by atoms with Gasteiger partial charge in [0.15, 0.2) is 5.13 Å². The number of amides is 3. The van der Waals surface area contributed by atoms with E-state index in [1.807, 2.05) is 19.1 Å². The number of rotatable bonds is 5. The van der Waals surface area contributed by atoms with Crippen molar-refractivity contribution in [1.29, 1.82) is 0 Å². The lowest BCUT2D eigenvalue weighted by Gasteiger charge is -2.23. The van der Waals surface area contributed by atoms with Crippen LogP contribution in [0.2, 0.25) is 5.02 Å². The minimum Gasteiger partial charge on any atom is -0.376 e. The first-order chi connectivity index (χ1) is 15.9. The van der Waals surface area contributed by atoms with E-state index in [1.54, 1.807) is 29.2 Å². The molecule has 0 aliphatic carbocycles. The second-order valence-corrected chi connectivity index (χ2v) is 9.65. The van der Waals surface area contributed by atoms with Crippen LogP contribution in [0, 0.1) is 6.92 Å². The summed E-state index contributed by atoms with van der Waals surface area (Å²) in [7, 11) is 0. The number of fused-ring (bicyclic) bond motifs is 1. The lowest BCUT2D eigenvalue weighted by Crippen LogP contribution is -2.37. The zero-order valence-electron chi connectivity index (χ0n) is 18.0. The van der Waals surface area contributed by atoms with Crippen LogP contribution in [0.3, 0.4) is 0 Å². The van der Waals surface area contributed by atoms with Crippen molar-refractivity contribution in [3.05, 3.63) is 52.5 Å². The monoisotopic (exact) mass is 483 g/mol. The number of carbonyl (C=O) groups is 3. The molecule has 3 heterocycles. The Morgan fingerprint density at radius 3 is 2.58 bits per heavy atom. The summed E-state index contributed by atoms with van der Waals surface area (Å²) in [5, 5.41) is 1.22. The summed E-state index contributed by atoms with van der Waals surface area (Å²) in [5.41, 5.74) is 2.60. The van der Waals surface area contributed by atoms with Crippen molar-refractivity contribution >= 4 is 61.7 Å². The summed E-state index contributed by atoms with van der Waals surface area (Å²) in [5.74, 6) is -0.649. The number of hydrogen-bond acceptors (Lipinski definition) is 6. The fourth-order valence-electron chi connectivity index (χ4n) is 4.22. The Labute approximate surface area is 199 Å². The highest BCUT2D eigenvalue weighted by atomic mass is 35.5. The van der Waals surface area contributed by atoms with Crippen molar-refractivity contribution in [1.82, 2.24) is 4.98 Å². The van der Waals surface area contributed by atoms with E-state index in [0.29, 0.717) is 34.6 Å². The first-order valence-corrected chi connectivity index (χ1v) is 12.1. The number of halogens is 1. The second kappa shape index (κ2) is 8.85. The van der Waals surface area contributed by atoms with E-state index >= 15 is 0 Å². The van der Waals surface area contributed by atoms with Crippen LogP contribution in [0.25, 0.3) is 10.2 Å². The molecule has 7 nitrogen and oxygen atoms in total. The smallest absolute Gasteiger partial charge is 0.260 e. The van der Waals surface area contributed by atoms with Gasteiger partial charge < -0.3 is 4.74 Å². The minimum atomic E-state index is -0.220. The van der Waals surface area contributed by atoms with Crippen LogP contribution >= 0.6 is 22.9 Å². The highest BCUT2D eigenvalue weighted by Crippen LogP contribution is 2.35. The Kier molecular flexibility index (Phi) is 5.90. The van der Waals surface area contributed by atoms with Gasteiger partial charge in [-0.1, -0.05) is 22.9 Å². The van der Waals surface area contributed by atoms with Gasteiger partial charge in [0.05, 0.1) is 28.6 Å². The van der Waals surface area contributed by atoms with Crippen molar-refractivity contribution < 1.29 is 19.1 Å². The number of carbonyl (C=O) groups excluding carboxylic acids is 3. The first kappa shape index (κ1) is 22.0. The predicted molar refractivity (Wildman–Crippen MR) is 128 cm³/mol. The van der Waals surface area contributed by atoms with Crippen molar-refractivity contribution in [2.24, 2.45) is 0 Å². The summed E-state index contributed by atoms with van der Waals surface area (Å²) in [6, 6.07) is 10.3. The molecular weight excluding hydrogens is 462 g/mol. The molecule has 170 valence electrons. The summed E-state index contributed by atoms with van der Waals surface area (Å²) < 4.78 is 6.76. The first-order valence-electron chi connectivity index (χ1n) is 10.9. The topological polar surface area (TPSA) is 79.8 Å². The molecule has 33 heavy (non-hydrogen) atoms. The molecule has 0 N–H and O–H groups in total. The average Bonchev–Trinajstić information content (AvgIpc) is 3.55. The van der Waals surface area contributed by atoms with Crippen molar-refractivity contribution in [3.63, 3.8) is 0 Å². The standard InChI is InChI=1S/C24H22ClN3O4S/c1-14-18(25)8-9-19-22(14)26-24(33-19)27(13-17-3-2-12-32-17)23(31)15-4-6-16(7-5-15)28-20(29)10-11-21(28)30/h4-9,17H,2-3,10-13H2,1H3. The summed E-state index contributed by atoms with van der Waals surface area (Å²) in [6.45, 7) is 3.00. The number of hydrogen-bond donors (Lipinski definition) is 0. The third-order valence-corrected chi connectivity index (χ3v) is 7.50. The van der Waals surface area contributed by atoms with Gasteiger partial charge in [-0.2, -0.15) is 0 Å². The largest absolute Gasteiger partial charge is 0.376 e. The third-order valence-electron chi connectivity index (χ3n) is 6.05. The fourth-order valence-corrected chi connectivity index (χ4v) is 5.40. The van der Waals surface area contributed by atoms with E-state index in [4.69, 9.17) is 21.3 Å². The van der Waals surface area contributed by atoms with E-state index in [1.165, 1.54) is 16.2 Å². The minimum absolute atomic E-state index is 0.0511. The van der Waals surface area contributed by atoms with Gasteiger partial charge in [0.1, 0.15) is 0 Å². The van der Waals surface area contributed by atoms with Crippen LogP contribution in [0.1, 0.15) is 41.6 Å². The number of thiazole rings is 1. The Morgan fingerprint density at radius 1 is 1.18 bits per heavy atom. The maximum absolute atomic E-state index is 13.6. The molecule has 2 aliphatic rings. The highest BCUT2D eigenvalue weighted by molar-refractivity contribution is 7.22. The normalized spacial score (nSPS) is 18.5. The Balaban J connectivity index is 1.47. The molecule has 0 spiro atoms. The molecule has 2 aliphatic heterocycles. The van der Waals surface area contributed by atoms with E-state index in [9.17, 15) is 14.4 Å². The second-order valence-electron chi connectivity index (χ2n) is 8.24. The van der Waals surface area contributed by atoms with Crippen molar-refractivity contribution in [2.75, 3.05) is 23.0 Å². The molecule has 1 aromatic heterocycles.